The minimum Gasteiger partial charge on any atom is -0.378 e. The highest BCUT2D eigenvalue weighted by molar-refractivity contribution is 5.67. The Bertz CT molecular complexity index is 1070. The molecule has 0 saturated heterocycles. The molecular formula is C31H36N2. The predicted octanol–water partition coefficient (Wildman–Crippen LogP) is 8.16. The quantitative estimate of drug-likeness (QED) is 0.351. The van der Waals surface area contributed by atoms with Gasteiger partial charge in [-0.15, -0.1) is 0 Å². The Balaban J connectivity index is 1.57. The second-order valence-corrected chi connectivity index (χ2v) is 9.35. The summed E-state index contributed by atoms with van der Waals surface area (Å²) in [5.41, 5.74) is 8.60. The maximum Gasteiger partial charge on any atom is 0.0478 e. The Morgan fingerprint density at radius 2 is 1.48 bits per heavy atom. The molecule has 4 rings (SSSR count). The molecule has 0 unspecified atom stereocenters. The fourth-order valence-electron chi connectivity index (χ4n) is 4.77. The van der Waals surface area contributed by atoms with Crippen molar-refractivity contribution < 1.29 is 0 Å². The maximum absolute atomic E-state index is 4.59. The summed E-state index contributed by atoms with van der Waals surface area (Å²) < 4.78 is 0. The highest BCUT2D eigenvalue weighted by atomic mass is 15.1. The number of allylic oxidation sites excluding steroid dienone is 1. The van der Waals surface area contributed by atoms with Crippen molar-refractivity contribution in [3.05, 3.63) is 103 Å². The van der Waals surface area contributed by atoms with Crippen LogP contribution in [-0.4, -0.2) is 14.1 Å². The SMILES string of the molecule is C=Cc1cccc(N(Cc2ccc(-c3ccc(N(C)C)cc3)cc2)C(=C)C2CCCCC2)c1. The van der Waals surface area contributed by atoms with E-state index in [1.54, 1.807) is 0 Å². The average Bonchev–Trinajstić information content (AvgIpc) is 2.88. The van der Waals surface area contributed by atoms with Crippen LogP contribution in [0.15, 0.2) is 91.7 Å². The molecule has 170 valence electrons. The zero-order valence-electron chi connectivity index (χ0n) is 20.1. The van der Waals surface area contributed by atoms with Crippen LogP contribution >= 0.6 is 0 Å². The van der Waals surface area contributed by atoms with Gasteiger partial charge >= 0.3 is 0 Å². The topological polar surface area (TPSA) is 6.48 Å². The van der Waals surface area contributed by atoms with Crippen molar-refractivity contribution in [1.82, 2.24) is 0 Å². The van der Waals surface area contributed by atoms with E-state index in [0.29, 0.717) is 5.92 Å². The maximum atomic E-state index is 4.59. The van der Waals surface area contributed by atoms with Gasteiger partial charge in [0.15, 0.2) is 0 Å². The van der Waals surface area contributed by atoms with Crippen LogP contribution in [0.5, 0.6) is 0 Å². The molecule has 0 N–H and O–H groups in total. The molecule has 1 fully saturated rings. The van der Waals surface area contributed by atoms with Gasteiger partial charge in [0.25, 0.3) is 0 Å². The Morgan fingerprint density at radius 3 is 2.09 bits per heavy atom. The molecule has 0 radical (unpaired) electrons. The van der Waals surface area contributed by atoms with Crippen LogP contribution in [0.2, 0.25) is 0 Å². The van der Waals surface area contributed by atoms with E-state index in [2.05, 4.69) is 110 Å². The molecule has 0 aromatic heterocycles. The van der Waals surface area contributed by atoms with E-state index < -0.39 is 0 Å². The van der Waals surface area contributed by atoms with Crippen LogP contribution in [0.4, 0.5) is 11.4 Å². The van der Waals surface area contributed by atoms with E-state index >= 15 is 0 Å². The molecule has 2 heteroatoms. The number of rotatable bonds is 8. The monoisotopic (exact) mass is 436 g/mol. The third-order valence-electron chi connectivity index (χ3n) is 6.85. The van der Waals surface area contributed by atoms with E-state index in [-0.39, 0.29) is 0 Å². The lowest BCUT2D eigenvalue weighted by atomic mass is 9.86. The van der Waals surface area contributed by atoms with Gasteiger partial charge in [0.05, 0.1) is 0 Å². The summed E-state index contributed by atoms with van der Waals surface area (Å²) in [4.78, 5) is 4.55. The van der Waals surface area contributed by atoms with Gasteiger partial charge in [0, 0.05) is 37.7 Å². The summed E-state index contributed by atoms with van der Waals surface area (Å²) in [6.45, 7) is 9.38. The van der Waals surface area contributed by atoms with E-state index in [0.717, 1.165) is 12.1 Å². The van der Waals surface area contributed by atoms with E-state index in [4.69, 9.17) is 0 Å². The molecule has 0 bridgehead atoms. The van der Waals surface area contributed by atoms with Crippen LogP contribution in [0.3, 0.4) is 0 Å². The lowest BCUT2D eigenvalue weighted by Gasteiger charge is -2.34. The normalized spacial score (nSPS) is 14.0. The van der Waals surface area contributed by atoms with E-state index in [1.807, 2.05) is 6.08 Å². The Morgan fingerprint density at radius 1 is 0.848 bits per heavy atom. The third kappa shape index (κ3) is 5.57. The van der Waals surface area contributed by atoms with Crippen LogP contribution in [0.25, 0.3) is 17.2 Å². The van der Waals surface area contributed by atoms with Crippen molar-refractivity contribution in [2.75, 3.05) is 23.9 Å². The first-order valence-corrected chi connectivity index (χ1v) is 12.1. The van der Waals surface area contributed by atoms with Crippen molar-refractivity contribution in [1.29, 1.82) is 0 Å². The largest absolute Gasteiger partial charge is 0.378 e. The third-order valence-corrected chi connectivity index (χ3v) is 6.85. The fourth-order valence-corrected chi connectivity index (χ4v) is 4.77. The lowest BCUT2D eigenvalue weighted by molar-refractivity contribution is 0.396. The molecule has 0 aliphatic heterocycles. The number of benzene rings is 3. The van der Waals surface area contributed by atoms with Gasteiger partial charge in [-0.05, 0) is 65.3 Å². The van der Waals surface area contributed by atoms with Crippen molar-refractivity contribution in [2.45, 2.75) is 38.6 Å². The van der Waals surface area contributed by atoms with Crippen molar-refractivity contribution >= 4 is 17.5 Å². The summed E-state index contributed by atoms with van der Waals surface area (Å²) >= 11 is 0. The highest BCUT2D eigenvalue weighted by Gasteiger charge is 2.22. The van der Waals surface area contributed by atoms with Crippen LogP contribution < -0.4 is 9.80 Å². The summed E-state index contributed by atoms with van der Waals surface area (Å²) in [5.74, 6) is 0.570. The molecule has 1 saturated carbocycles. The first-order chi connectivity index (χ1) is 16.0. The zero-order chi connectivity index (χ0) is 23.2. The summed E-state index contributed by atoms with van der Waals surface area (Å²) in [5, 5.41) is 0. The summed E-state index contributed by atoms with van der Waals surface area (Å²) in [6, 6.07) is 26.4. The van der Waals surface area contributed by atoms with Crippen molar-refractivity contribution in [3.63, 3.8) is 0 Å². The molecule has 33 heavy (non-hydrogen) atoms. The summed E-state index contributed by atoms with van der Waals surface area (Å²) in [7, 11) is 4.14. The molecule has 0 heterocycles. The molecule has 3 aromatic rings. The second kappa shape index (κ2) is 10.6. The Kier molecular flexibility index (Phi) is 7.34. The molecule has 1 aliphatic rings. The van der Waals surface area contributed by atoms with Gasteiger partial charge < -0.3 is 9.80 Å². The second-order valence-electron chi connectivity index (χ2n) is 9.35. The van der Waals surface area contributed by atoms with Gasteiger partial charge in [-0.2, -0.15) is 0 Å². The molecule has 0 atom stereocenters. The van der Waals surface area contributed by atoms with Crippen molar-refractivity contribution in [2.24, 2.45) is 5.92 Å². The molecule has 0 amide bonds. The van der Waals surface area contributed by atoms with Crippen LogP contribution in [0, 0.1) is 5.92 Å². The average molecular weight is 437 g/mol. The highest BCUT2D eigenvalue weighted by Crippen LogP contribution is 2.34. The lowest BCUT2D eigenvalue weighted by Crippen LogP contribution is -2.27. The molecular weight excluding hydrogens is 400 g/mol. The van der Waals surface area contributed by atoms with Crippen LogP contribution in [0.1, 0.15) is 43.2 Å². The predicted molar refractivity (Wildman–Crippen MR) is 145 cm³/mol. The number of hydrogen-bond donors (Lipinski definition) is 0. The Hall–Kier alpha value is -3.26. The number of anilines is 2. The fraction of sp³-hybridized carbons (Fsp3) is 0.290. The van der Waals surface area contributed by atoms with E-state index in [1.165, 1.54) is 65.9 Å². The summed E-state index contributed by atoms with van der Waals surface area (Å²) in [6.07, 6.45) is 8.39. The first kappa shape index (κ1) is 22.9. The first-order valence-electron chi connectivity index (χ1n) is 12.1. The molecule has 0 spiro atoms. The van der Waals surface area contributed by atoms with Gasteiger partial charge in [-0.1, -0.05) is 87.0 Å². The minimum absolute atomic E-state index is 0.570. The van der Waals surface area contributed by atoms with Crippen LogP contribution in [-0.2, 0) is 6.54 Å². The minimum atomic E-state index is 0.570. The van der Waals surface area contributed by atoms with Gasteiger partial charge in [0.1, 0.15) is 0 Å². The van der Waals surface area contributed by atoms with Gasteiger partial charge in [-0.3, -0.25) is 0 Å². The molecule has 1 aliphatic carbocycles. The number of hydrogen-bond acceptors (Lipinski definition) is 2. The zero-order valence-corrected chi connectivity index (χ0v) is 20.1. The smallest absolute Gasteiger partial charge is 0.0478 e. The molecule has 3 aromatic carbocycles. The van der Waals surface area contributed by atoms with Crippen molar-refractivity contribution in [3.8, 4) is 11.1 Å². The number of nitrogens with zero attached hydrogens (tertiary/aromatic N) is 2. The van der Waals surface area contributed by atoms with Gasteiger partial charge in [0.2, 0.25) is 0 Å². The van der Waals surface area contributed by atoms with E-state index in [9.17, 15) is 0 Å². The molecule has 2 nitrogen and oxygen atoms in total. The van der Waals surface area contributed by atoms with Gasteiger partial charge in [-0.25, -0.2) is 0 Å². The standard InChI is InChI=1S/C31H36N2/c1-5-25-10-9-13-31(22-25)33(24(2)27-11-7-6-8-12-27)23-26-14-16-28(17-15-26)29-18-20-30(21-19-29)32(3)4/h5,9-10,13-22,27H,1-2,6-8,11-12,23H2,3-4H3. The Labute approximate surface area is 199 Å².